The molecule has 5 heteroatoms. The summed E-state index contributed by atoms with van der Waals surface area (Å²) in [6, 6.07) is 4.04. The number of methoxy groups -OCH3 is 1. The van der Waals surface area contributed by atoms with E-state index < -0.39 is 0 Å². The van der Waals surface area contributed by atoms with E-state index in [0.717, 1.165) is 6.42 Å². The van der Waals surface area contributed by atoms with Crippen LogP contribution < -0.4 is 5.73 Å². The number of amides is 1. The highest BCUT2D eigenvalue weighted by Crippen LogP contribution is 2.12. The Kier molecular flexibility index (Phi) is 6.84. The Morgan fingerprint density at radius 1 is 1.59 bits per heavy atom. The highest BCUT2D eigenvalue weighted by Gasteiger charge is 2.13. The van der Waals surface area contributed by atoms with Crippen LogP contribution in [0.1, 0.15) is 17.7 Å². The zero-order valence-electron chi connectivity index (χ0n) is 10.2. The predicted octanol–water partition coefficient (Wildman–Crippen LogP) is 1.46. The van der Waals surface area contributed by atoms with Gasteiger partial charge in [0.05, 0.1) is 13.2 Å². The molecule has 0 aliphatic heterocycles. The van der Waals surface area contributed by atoms with E-state index in [1.54, 1.807) is 18.4 Å². The van der Waals surface area contributed by atoms with E-state index in [1.807, 2.05) is 22.4 Å². The second kappa shape index (κ2) is 8.22. The Balaban J connectivity index is 2.50. The summed E-state index contributed by atoms with van der Waals surface area (Å²) < 4.78 is 5.03. The fourth-order valence-corrected chi connectivity index (χ4v) is 2.21. The summed E-state index contributed by atoms with van der Waals surface area (Å²) in [5, 5.41) is 2.02. The number of hydrogen-bond donors (Lipinski definition) is 1. The molecule has 0 unspecified atom stereocenters. The summed E-state index contributed by atoms with van der Waals surface area (Å²) >= 11 is 1.67. The van der Waals surface area contributed by atoms with Gasteiger partial charge in [-0.05, 0) is 24.4 Å². The van der Waals surface area contributed by atoms with E-state index in [2.05, 4.69) is 0 Å². The lowest BCUT2D eigenvalue weighted by atomic mass is 10.2. The van der Waals surface area contributed by atoms with E-state index >= 15 is 0 Å². The average Bonchev–Trinajstić information content (AvgIpc) is 2.84. The van der Waals surface area contributed by atoms with Crippen molar-refractivity contribution >= 4 is 17.2 Å². The molecule has 0 saturated carbocycles. The van der Waals surface area contributed by atoms with E-state index in [9.17, 15) is 4.79 Å². The molecule has 1 aromatic heterocycles. The Morgan fingerprint density at radius 2 is 2.41 bits per heavy atom. The van der Waals surface area contributed by atoms with Crippen molar-refractivity contribution in [1.82, 2.24) is 4.90 Å². The zero-order chi connectivity index (χ0) is 12.5. The number of carbonyl (C=O) groups is 1. The van der Waals surface area contributed by atoms with Gasteiger partial charge >= 0.3 is 0 Å². The van der Waals surface area contributed by atoms with Crippen LogP contribution in [0.2, 0.25) is 0 Å². The van der Waals surface area contributed by atoms with Crippen LogP contribution in [-0.4, -0.2) is 37.6 Å². The van der Waals surface area contributed by atoms with Crippen molar-refractivity contribution in [3.63, 3.8) is 0 Å². The van der Waals surface area contributed by atoms with E-state index in [-0.39, 0.29) is 5.91 Å². The normalized spacial score (nSPS) is 10.5. The summed E-state index contributed by atoms with van der Waals surface area (Å²) in [7, 11) is 1.65. The van der Waals surface area contributed by atoms with Gasteiger partial charge in [-0.3, -0.25) is 4.79 Å². The van der Waals surface area contributed by atoms with Gasteiger partial charge in [-0.15, -0.1) is 11.3 Å². The maximum atomic E-state index is 12.0. The second-order valence-electron chi connectivity index (χ2n) is 3.78. The van der Waals surface area contributed by atoms with Crippen molar-refractivity contribution in [1.29, 1.82) is 0 Å². The lowest BCUT2D eigenvalue weighted by Gasteiger charge is -2.21. The molecule has 0 radical (unpaired) electrons. The lowest BCUT2D eigenvalue weighted by molar-refractivity contribution is -0.132. The van der Waals surface area contributed by atoms with Crippen molar-refractivity contribution in [2.24, 2.45) is 5.73 Å². The first-order chi connectivity index (χ1) is 8.27. The van der Waals surface area contributed by atoms with Gasteiger partial charge in [-0.25, -0.2) is 0 Å². The van der Waals surface area contributed by atoms with Crippen LogP contribution in [0, 0.1) is 0 Å². The summed E-state index contributed by atoms with van der Waals surface area (Å²) in [4.78, 5) is 15.0. The topological polar surface area (TPSA) is 55.6 Å². The molecule has 0 fully saturated rings. The Morgan fingerprint density at radius 3 is 3.00 bits per heavy atom. The van der Waals surface area contributed by atoms with E-state index in [4.69, 9.17) is 10.5 Å². The van der Waals surface area contributed by atoms with Gasteiger partial charge in [0.1, 0.15) is 0 Å². The molecule has 4 nitrogen and oxygen atoms in total. The third-order valence-electron chi connectivity index (χ3n) is 2.44. The van der Waals surface area contributed by atoms with E-state index in [1.165, 1.54) is 4.88 Å². The Labute approximate surface area is 106 Å². The third kappa shape index (κ3) is 5.30. The fourth-order valence-electron chi connectivity index (χ4n) is 1.50. The van der Waals surface area contributed by atoms with Gasteiger partial charge in [0.2, 0.25) is 5.91 Å². The maximum absolute atomic E-state index is 12.0. The minimum absolute atomic E-state index is 0.154. The first-order valence-electron chi connectivity index (χ1n) is 5.77. The molecule has 1 amide bonds. The first kappa shape index (κ1) is 14.2. The van der Waals surface area contributed by atoms with Gasteiger partial charge in [-0.2, -0.15) is 0 Å². The maximum Gasteiger partial charge on any atom is 0.223 e. The number of rotatable bonds is 8. The van der Waals surface area contributed by atoms with Gasteiger partial charge in [0, 0.05) is 25.0 Å². The molecular weight excluding hydrogens is 236 g/mol. The Hall–Kier alpha value is -0.910. The molecule has 0 bridgehead atoms. The molecule has 2 N–H and O–H groups in total. The molecular formula is C12H20N2O2S. The SMILES string of the molecule is COCCN(Cc1cccs1)C(=O)CCCN. The largest absolute Gasteiger partial charge is 0.383 e. The van der Waals surface area contributed by atoms with Crippen LogP contribution in [0.15, 0.2) is 17.5 Å². The molecule has 1 aromatic rings. The molecule has 0 aliphatic rings. The van der Waals surface area contributed by atoms with Crippen LogP contribution in [0.4, 0.5) is 0 Å². The smallest absolute Gasteiger partial charge is 0.223 e. The molecule has 17 heavy (non-hydrogen) atoms. The summed E-state index contributed by atoms with van der Waals surface area (Å²) in [5.74, 6) is 0.154. The quantitative estimate of drug-likeness (QED) is 0.766. The molecule has 0 aromatic carbocycles. The summed E-state index contributed by atoms with van der Waals surface area (Å²) in [6.07, 6.45) is 1.26. The number of nitrogens with two attached hydrogens (primary N) is 1. The minimum Gasteiger partial charge on any atom is -0.383 e. The van der Waals surface area contributed by atoms with Gasteiger partial charge < -0.3 is 15.4 Å². The zero-order valence-corrected chi connectivity index (χ0v) is 11.0. The summed E-state index contributed by atoms with van der Waals surface area (Å²) in [5.41, 5.74) is 5.42. The molecule has 0 aliphatic carbocycles. The number of carbonyl (C=O) groups excluding carboxylic acids is 1. The second-order valence-corrected chi connectivity index (χ2v) is 4.81. The van der Waals surface area contributed by atoms with Crippen LogP contribution in [0.3, 0.4) is 0 Å². The van der Waals surface area contributed by atoms with Crippen LogP contribution in [0.25, 0.3) is 0 Å². The van der Waals surface area contributed by atoms with Gasteiger partial charge in [0.25, 0.3) is 0 Å². The van der Waals surface area contributed by atoms with Crippen LogP contribution in [0.5, 0.6) is 0 Å². The van der Waals surface area contributed by atoms with Crippen molar-refractivity contribution in [2.45, 2.75) is 19.4 Å². The van der Waals surface area contributed by atoms with Crippen molar-refractivity contribution < 1.29 is 9.53 Å². The van der Waals surface area contributed by atoms with Gasteiger partial charge in [0.15, 0.2) is 0 Å². The fraction of sp³-hybridized carbons (Fsp3) is 0.583. The lowest BCUT2D eigenvalue weighted by Crippen LogP contribution is -2.33. The molecule has 1 rings (SSSR count). The predicted molar refractivity (Wildman–Crippen MR) is 69.9 cm³/mol. The van der Waals surface area contributed by atoms with Crippen molar-refractivity contribution in [2.75, 3.05) is 26.8 Å². The molecule has 0 saturated heterocycles. The first-order valence-corrected chi connectivity index (χ1v) is 6.65. The standard InChI is InChI=1S/C12H20N2O2S/c1-16-8-7-14(12(15)5-2-6-13)10-11-4-3-9-17-11/h3-4,9H,2,5-8,10,13H2,1H3. The highest BCUT2D eigenvalue weighted by molar-refractivity contribution is 7.09. The molecule has 0 atom stereocenters. The molecule has 96 valence electrons. The minimum atomic E-state index is 0.154. The van der Waals surface area contributed by atoms with Gasteiger partial charge in [-0.1, -0.05) is 6.07 Å². The monoisotopic (exact) mass is 256 g/mol. The number of ether oxygens (including phenoxy) is 1. The van der Waals surface area contributed by atoms with Crippen molar-refractivity contribution in [3.05, 3.63) is 22.4 Å². The highest BCUT2D eigenvalue weighted by atomic mass is 32.1. The number of hydrogen-bond acceptors (Lipinski definition) is 4. The summed E-state index contributed by atoms with van der Waals surface area (Å²) in [6.45, 7) is 2.44. The van der Waals surface area contributed by atoms with Crippen LogP contribution in [-0.2, 0) is 16.1 Å². The number of nitrogens with zero attached hydrogens (tertiary/aromatic N) is 1. The average molecular weight is 256 g/mol. The molecule has 1 heterocycles. The van der Waals surface area contributed by atoms with Crippen molar-refractivity contribution in [3.8, 4) is 0 Å². The molecule has 0 spiro atoms. The Bertz CT molecular complexity index is 314. The van der Waals surface area contributed by atoms with E-state index in [0.29, 0.717) is 32.7 Å². The van der Waals surface area contributed by atoms with Crippen LogP contribution >= 0.6 is 11.3 Å². The third-order valence-corrected chi connectivity index (χ3v) is 3.30. The number of thiophene rings is 1.